The minimum atomic E-state index is -0.497. The summed E-state index contributed by atoms with van der Waals surface area (Å²) in [5.41, 5.74) is 0.574. The molecule has 0 aliphatic carbocycles. The van der Waals surface area contributed by atoms with E-state index < -0.39 is 6.04 Å². The summed E-state index contributed by atoms with van der Waals surface area (Å²) >= 11 is 1.67. The van der Waals surface area contributed by atoms with Crippen LogP contribution in [0.4, 0.5) is 0 Å². The summed E-state index contributed by atoms with van der Waals surface area (Å²) in [6.07, 6.45) is 2.62. The molecule has 1 atom stereocenters. The maximum absolute atomic E-state index is 12.5. The fourth-order valence-electron chi connectivity index (χ4n) is 2.73. The van der Waals surface area contributed by atoms with E-state index in [0.717, 1.165) is 38.5 Å². The van der Waals surface area contributed by atoms with Gasteiger partial charge in [-0.15, -0.1) is 0 Å². The van der Waals surface area contributed by atoms with E-state index in [0.29, 0.717) is 18.5 Å². The zero-order valence-electron chi connectivity index (χ0n) is 14.8. The summed E-state index contributed by atoms with van der Waals surface area (Å²) < 4.78 is 0. The minimum absolute atomic E-state index is 0.103. The number of hydrogen-bond donors (Lipinski definition) is 3. The second-order valence-electron chi connectivity index (χ2n) is 6.06. The van der Waals surface area contributed by atoms with Crippen LogP contribution < -0.4 is 16.0 Å². The van der Waals surface area contributed by atoms with Crippen molar-refractivity contribution >= 4 is 23.6 Å². The van der Waals surface area contributed by atoms with Crippen LogP contribution in [0.25, 0.3) is 0 Å². The van der Waals surface area contributed by atoms with Gasteiger partial charge in [0.1, 0.15) is 6.04 Å². The van der Waals surface area contributed by atoms with Crippen LogP contribution in [0.3, 0.4) is 0 Å². The molecule has 1 aliphatic heterocycles. The quantitative estimate of drug-likeness (QED) is 0.597. The van der Waals surface area contributed by atoms with Crippen LogP contribution in [0.15, 0.2) is 30.3 Å². The van der Waals surface area contributed by atoms with Crippen LogP contribution in [0.1, 0.15) is 16.8 Å². The normalized spacial score (nSPS) is 16.2. The molecule has 0 spiro atoms. The van der Waals surface area contributed by atoms with Gasteiger partial charge in [-0.3, -0.25) is 14.5 Å². The van der Waals surface area contributed by atoms with Gasteiger partial charge in [0.25, 0.3) is 5.91 Å². The molecule has 1 aliphatic rings. The smallest absolute Gasteiger partial charge is 0.251 e. The fraction of sp³-hybridized carbons (Fsp3) is 0.556. The van der Waals surface area contributed by atoms with Crippen molar-refractivity contribution in [3.8, 4) is 0 Å². The van der Waals surface area contributed by atoms with Crippen LogP contribution in [-0.4, -0.2) is 74.0 Å². The Kier molecular flexibility index (Phi) is 8.79. The number of amides is 2. The first-order valence-corrected chi connectivity index (χ1v) is 10.2. The molecular formula is C18H28N4O2S. The molecular weight excluding hydrogens is 336 g/mol. The third kappa shape index (κ3) is 7.05. The molecule has 3 N–H and O–H groups in total. The molecule has 0 saturated carbocycles. The van der Waals surface area contributed by atoms with Gasteiger partial charge in [-0.05, 0) is 30.6 Å². The molecule has 1 aromatic carbocycles. The molecule has 25 heavy (non-hydrogen) atoms. The molecule has 0 radical (unpaired) electrons. The third-order valence-electron chi connectivity index (χ3n) is 4.21. The van der Waals surface area contributed by atoms with E-state index in [-0.39, 0.29) is 11.8 Å². The number of nitrogens with one attached hydrogen (secondary N) is 3. The Morgan fingerprint density at radius 2 is 1.96 bits per heavy atom. The van der Waals surface area contributed by atoms with Gasteiger partial charge in [-0.25, -0.2) is 0 Å². The molecule has 2 amide bonds. The molecule has 1 unspecified atom stereocenters. The monoisotopic (exact) mass is 364 g/mol. The number of benzene rings is 1. The van der Waals surface area contributed by atoms with Gasteiger partial charge in [-0.1, -0.05) is 18.2 Å². The Morgan fingerprint density at radius 3 is 2.64 bits per heavy atom. The van der Waals surface area contributed by atoms with Crippen molar-refractivity contribution in [2.75, 3.05) is 51.3 Å². The van der Waals surface area contributed by atoms with Crippen LogP contribution in [0.2, 0.25) is 0 Å². The van der Waals surface area contributed by atoms with E-state index in [2.05, 4.69) is 20.9 Å². The highest BCUT2D eigenvalue weighted by Crippen LogP contribution is 2.04. The van der Waals surface area contributed by atoms with Crippen molar-refractivity contribution in [1.29, 1.82) is 0 Å². The van der Waals surface area contributed by atoms with Crippen LogP contribution >= 0.6 is 11.8 Å². The van der Waals surface area contributed by atoms with E-state index in [1.165, 1.54) is 0 Å². The Hall–Kier alpha value is -1.57. The lowest BCUT2D eigenvalue weighted by atomic mass is 10.1. The van der Waals surface area contributed by atoms with E-state index in [1.54, 1.807) is 23.9 Å². The summed E-state index contributed by atoms with van der Waals surface area (Å²) in [7, 11) is 0. The van der Waals surface area contributed by atoms with Crippen molar-refractivity contribution in [3.63, 3.8) is 0 Å². The number of carbonyl (C=O) groups excluding carboxylic acids is 2. The molecule has 7 heteroatoms. The van der Waals surface area contributed by atoms with Gasteiger partial charge in [0.2, 0.25) is 5.91 Å². The van der Waals surface area contributed by atoms with Gasteiger partial charge in [-0.2, -0.15) is 11.8 Å². The summed E-state index contributed by atoms with van der Waals surface area (Å²) in [6, 6.07) is 8.51. The lowest BCUT2D eigenvalue weighted by molar-refractivity contribution is -0.123. The molecule has 1 heterocycles. The van der Waals surface area contributed by atoms with Crippen LogP contribution in [-0.2, 0) is 4.79 Å². The lowest BCUT2D eigenvalue weighted by Crippen LogP contribution is -2.50. The van der Waals surface area contributed by atoms with Gasteiger partial charge < -0.3 is 16.0 Å². The highest BCUT2D eigenvalue weighted by Gasteiger charge is 2.21. The molecule has 138 valence electrons. The second-order valence-corrected chi connectivity index (χ2v) is 7.04. The molecule has 0 bridgehead atoms. The van der Waals surface area contributed by atoms with Crippen molar-refractivity contribution < 1.29 is 9.59 Å². The number of carbonyl (C=O) groups is 2. The second kappa shape index (κ2) is 11.1. The van der Waals surface area contributed by atoms with Crippen LogP contribution in [0.5, 0.6) is 0 Å². The number of thioether (sulfide) groups is 1. The summed E-state index contributed by atoms with van der Waals surface area (Å²) in [6.45, 7) is 5.47. The highest BCUT2D eigenvalue weighted by atomic mass is 32.2. The predicted octanol–water partition coefficient (Wildman–Crippen LogP) is 0.560. The average Bonchev–Trinajstić information content (AvgIpc) is 2.66. The van der Waals surface area contributed by atoms with E-state index in [1.807, 2.05) is 24.5 Å². The average molecular weight is 365 g/mol. The maximum Gasteiger partial charge on any atom is 0.251 e. The largest absolute Gasteiger partial charge is 0.353 e. The van der Waals surface area contributed by atoms with Gasteiger partial charge in [0, 0.05) is 44.8 Å². The summed E-state index contributed by atoms with van der Waals surface area (Å²) in [5.74, 6) is 0.516. The Bertz CT molecular complexity index is 535. The SMILES string of the molecule is CSCCC(NC(=O)c1ccccc1)C(=O)NCCN1CCNCC1. The lowest BCUT2D eigenvalue weighted by Gasteiger charge is -2.27. The molecule has 2 rings (SSSR count). The Balaban J connectivity index is 1.82. The first-order chi connectivity index (χ1) is 12.2. The number of piperazine rings is 1. The molecule has 6 nitrogen and oxygen atoms in total. The number of nitrogens with zero attached hydrogens (tertiary/aromatic N) is 1. The Morgan fingerprint density at radius 1 is 1.24 bits per heavy atom. The molecule has 1 aromatic rings. The molecule has 1 saturated heterocycles. The van der Waals surface area contributed by atoms with Crippen molar-refractivity contribution in [2.24, 2.45) is 0 Å². The first kappa shape index (κ1) is 19.8. The highest BCUT2D eigenvalue weighted by molar-refractivity contribution is 7.98. The zero-order valence-corrected chi connectivity index (χ0v) is 15.6. The van der Waals surface area contributed by atoms with Crippen LogP contribution in [0, 0.1) is 0 Å². The van der Waals surface area contributed by atoms with E-state index in [9.17, 15) is 9.59 Å². The van der Waals surface area contributed by atoms with E-state index in [4.69, 9.17) is 0 Å². The third-order valence-corrected chi connectivity index (χ3v) is 4.85. The van der Waals surface area contributed by atoms with Crippen molar-refractivity contribution in [2.45, 2.75) is 12.5 Å². The zero-order chi connectivity index (χ0) is 17.9. The number of rotatable bonds is 9. The Labute approximate surface area is 154 Å². The van der Waals surface area contributed by atoms with Crippen molar-refractivity contribution in [1.82, 2.24) is 20.9 Å². The first-order valence-electron chi connectivity index (χ1n) is 8.76. The number of hydrogen-bond acceptors (Lipinski definition) is 5. The predicted molar refractivity (Wildman–Crippen MR) is 103 cm³/mol. The molecule has 0 aromatic heterocycles. The standard InChI is InChI=1S/C18H28N4O2S/c1-25-14-7-16(21-17(23)15-5-3-2-4-6-15)18(24)20-10-13-22-11-8-19-9-12-22/h2-6,16,19H,7-14H2,1H3,(H,20,24)(H,21,23). The minimum Gasteiger partial charge on any atom is -0.353 e. The van der Waals surface area contributed by atoms with Gasteiger partial charge in [0.15, 0.2) is 0 Å². The topological polar surface area (TPSA) is 73.5 Å². The summed E-state index contributed by atoms with van der Waals surface area (Å²) in [4.78, 5) is 27.2. The molecule has 1 fully saturated rings. The van der Waals surface area contributed by atoms with Gasteiger partial charge >= 0.3 is 0 Å². The van der Waals surface area contributed by atoms with Crippen molar-refractivity contribution in [3.05, 3.63) is 35.9 Å². The summed E-state index contributed by atoms with van der Waals surface area (Å²) in [5, 5.41) is 9.15. The van der Waals surface area contributed by atoms with E-state index >= 15 is 0 Å². The fourth-order valence-corrected chi connectivity index (χ4v) is 3.20. The maximum atomic E-state index is 12.5. The van der Waals surface area contributed by atoms with Gasteiger partial charge in [0.05, 0.1) is 0 Å².